The average Bonchev–Trinajstić information content (AvgIpc) is 2.75. The number of fused-ring (bicyclic) bond motifs is 2. The first-order chi connectivity index (χ1) is 13.8. The maximum Gasteiger partial charge on any atom is -0.0159 e. The van der Waals surface area contributed by atoms with E-state index < -0.39 is 0 Å². The van der Waals surface area contributed by atoms with Crippen molar-refractivity contribution in [2.24, 2.45) is 17.8 Å². The minimum absolute atomic E-state index is 0.790. The van der Waals surface area contributed by atoms with Crippen molar-refractivity contribution in [3.8, 4) is 0 Å². The van der Waals surface area contributed by atoms with Crippen molar-refractivity contribution in [2.45, 2.75) is 83.5 Å². The van der Waals surface area contributed by atoms with Gasteiger partial charge in [-0.2, -0.15) is 0 Å². The molecule has 4 atom stereocenters. The molecule has 0 amide bonds. The first kappa shape index (κ1) is 19.7. The molecule has 0 saturated heterocycles. The van der Waals surface area contributed by atoms with Gasteiger partial charge >= 0.3 is 0 Å². The van der Waals surface area contributed by atoms with E-state index in [4.69, 9.17) is 0 Å². The van der Waals surface area contributed by atoms with Gasteiger partial charge in [0.15, 0.2) is 0 Å². The maximum atomic E-state index is 3.85. The Hall–Kier alpha value is -1.56. The summed E-state index contributed by atoms with van der Waals surface area (Å²) in [5.74, 6) is 3.85. The molecule has 4 rings (SSSR count). The second kappa shape index (κ2) is 9.29. The number of rotatable bonds is 7. The summed E-state index contributed by atoms with van der Waals surface area (Å²) in [5.41, 5.74) is 3.03. The van der Waals surface area contributed by atoms with Gasteiger partial charge in [-0.05, 0) is 90.5 Å². The van der Waals surface area contributed by atoms with Crippen LogP contribution in [0.15, 0.2) is 49.1 Å². The van der Waals surface area contributed by atoms with Crippen LogP contribution in [0, 0.1) is 17.8 Å². The first-order valence-corrected chi connectivity index (χ1v) is 11.9. The Balaban J connectivity index is 1.41. The van der Waals surface area contributed by atoms with Crippen molar-refractivity contribution in [1.82, 2.24) is 0 Å². The molecule has 2 fully saturated rings. The Morgan fingerprint density at radius 2 is 1.71 bits per heavy atom. The van der Waals surface area contributed by atoms with Crippen LogP contribution >= 0.6 is 0 Å². The lowest BCUT2D eigenvalue weighted by molar-refractivity contribution is 0.113. The molecule has 0 heteroatoms. The van der Waals surface area contributed by atoms with Gasteiger partial charge in [-0.25, -0.2) is 0 Å². The van der Waals surface area contributed by atoms with Gasteiger partial charge in [0, 0.05) is 0 Å². The Morgan fingerprint density at radius 1 is 0.929 bits per heavy atom. The topological polar surface area (TPSA) is 0 Å². The highest BCUT2D eigenvalue weighted by Crippen LogP contribution is 2.48. The third kappa shape index (κ3) is 4.53. The smallest absolute Gasteiger partial charge is 0.0159 e. The van der Waals surface area contributed by atoms with E-state index in [1.54, 1.807) is 5.56 Å². The molecule has 2 aliphatic carbocycles. The SMILES string of the molecule is C=CCCc1ccc2cc([C@@H]3CC[C@@H]4CC(CCCC)CCC4C3)ccc2c1. The van der Waals surface area contributed by atoms with Crippen LogP contribution in [0.1, 0.15) is 88.2 Å². The highest BCUT2D eigenvalue weighted by molar-refractivity contribution is 5.84. The fourth-order valence-corrected chi connectivity index (χ4v) is 6.04. The molecule has 2 aliphatic rings. The van der Waals surface area contributed by atoms with E-state index in [-0.39, 0.29) is 0 Å². The lowest BCUT2D eigenvalue weighted by Crippen LogP contribution is -2.30. The van der Waals surface area contributed by atoms with Crippen LogP contribution in [0.25, 0.3) is 10.8 Å². The Bertz CT molecular complexity index is 786. The predicted octanol–water partition coefficient (Wildman–Crippen LogP) is 8.45. The average molecular weight is 375 g/mol. The van der Waals surface area contributed by atoms with Crippen molar-refractivity contribution < 1.29 is 0 Å². The van der Waals surface area contributed by atoms with Crippen molar-refractivity contribution >= 4 is 10.8 Å². The van der Waals surface area contributed by atoms with E-state index in [0.717, 1.165) is 36.5 Å². The maximum absolute atomic E-state index is 3.85. The molecule has 2 saturated carbocycles. The quantitative estimate of drug-likeness (QED) is 0.426. The number of unbranched alkanes of at least 4 members (excludes halogenated alkanes) is 1. The summed E-state index contributed by atoms with van der Waals surface area (Å²) in [4.78, 5) is 0. The minimum atomic E-state index is 0.790. The van der Waals surface area contributed by atoms with Crippen LogP contribution in [0.4, 0.5) is 0 Å². The molecule has 0 aromatic heterocycles. The number of aryl methyl sites for hydroxylation is 1. The molecule has 2 unspecified atom stereocenters. The van der Waals surface area contributed by atoms with Gasteiger partial charge in [0.05, 0.1) is 0 Å². The van der Waals surface area contributed by atoms with Crippen LogP contribution in [-0.2, 0) is 6.42 Å². The van der Waals surface area contributed by atoms with Crippen molar-refractivity contribution in [3.05, 3.63) is 60.2 Å². The number of hydrogen-bond acceptors (Lipinski definition) is 0. The fourth-order valence-electron chi connectivity index (χ4n) is 6.04. The number of hydrogen-bond donors (Lipinski definition) is 0. The van der Waals surface area contributed by atoms with Crippen molar-refractivity contribution in [1.29, 1.82) is 0 Å². The second-order valence-electron chi connectivity index (χ2n) is 9.62. The Labute approximate surface area is 172 Å². The van der Waals surface area contributed by atoms with Gasteiger partial charge in [0.25, 0.3) is 0 Å². The number of benzene rings is 2. The minimum Gasteiger partial charge on any atom is -0.103 e. The highest BCUT2D eigenvalue weighted by Gasteiger charge is 2.35. The van der Waals surface area contributed by atoms with Crippen LogP contribution < -0.4 is 0 Å². The van der Waals surface area contributed by atoms with Gasteiger partial charge in [-0.3, -0.25) is 0 Å². The van der Waals surface area contributed by atoms with Crippen LogP contribution in [-0.4, -0.2) is 0 Å². The molecule has 0 radical (unpaired) electrons. The molecule has 0 aliphatic heterocycles. The molecule has 28 heavy (non-hydrogen) atoms. The van der Waals surface area contributed by atoms with Gasteiger partial charge in [0.2, 0.25) is 0 Å². The Morgan fingerprint density at radius 3 is 2.57 bits per heavy atom. The zero-order chi connectivity index (χ0) is 19.3. The standard InChI is InChI=1S/C28H38/c1-3-5-7-21-9-11-25-19-27(15-13-23(25)17-21)28-16-14-24-18-22(8-6-4-2)10-12-26(24)20-28/h3,9,11,13,15,17,19,22,24,26,28H,1,4-8,10,12,14,16,18,20H2,2H3/t22?,24-,26?,28-/m1/s1. The molecule has 0 N–H and O–H groups in total. The third-order valence-electron chi connectivity index (χ3n) is 7.72. The monoisotopic (exact) mass is 374 g/mol. The molecule has 0 nitrogen and oxygen atoms in total. The molecule has 2 aromatic rings. The van der Waals surface area contributed by atoms with Crippen LogP contribution in [0.2, 0.25) is 0 Å². The zero-order valence-electron chi connectivity index (χ0n) is 17.8. The van der Waals surface area contributed by atoms with Crippen LogP contribution in [0.5, 0.6) is 0 Å². The third-order valence-corrected chi connectivity index (χ3v) is 7.72. The van der Waals surface area contributed by atoms with Gasteiger partial charge in [0.1, 0.15) is 0 Å². The molecule has 150 valence electrons. The second-order valence-corrected chi connectivity index (χ2v) is 9.62. The number of allylic oxidation sites excluding steroid dienone is 1. The predicted molar refractivity (Wildman–Crippen MR) is 123 cm³/mol. The molecule has 2 aromatic carbocycles. The fraction of sp³-hybridized carbons (Fsp3) is 0.571. The molecule has 0 spiro atoms. The van der Waals surface area contributed by atoms with Crippen LogP contribution in [0.3, 0.4) is 0 Å². The summed E-state index contributed by atoms with van der Waals surface area (Å²) in [6.45, 7) is 6.18. The van der Waals surface area contributed by atoms with Gasteiger partial charge in [-0.15, -0.1) is 6.58 Å². The van der Waals surface area contributed by atoms with E-state index in [2.05, 4.69) is 49.9 Å². The van der Waals surface area contributed by atoms with E-state index in [1.807, 2.05) is 6.08 Å². The normalized spacial score (nSPS) is 27.5. The molecule has 0 heterocycles. The first-order valence-electron chi connectivity index (χ1n) is 11.9. The van der Waals surface area contributed by atoms with E-state index >= 15 is 0 Å². The molecular formula is C28H38. The van der Waals surface area contributed by atoms with E-state index in [9.17, 15) is 0 Å². The summed E-state index contributed by atoms with van der Waals surface area (Å²) in [6.07, 6.45) is 17.3. The van der Waals surface area contributed by atoms with E-state index in [0.29, 0.717) is 0 Å². The lowest BCUT2D eigenvalue weighted by atomic mass is 9.63. The largest absolute Gasteiger partial charge is 0.103 e. The molecule has 0 bridgehead atoms. The zero-order valence-corrected chi connectivity index (χ0v) is 17.8. The Kier molecular flexibility index (Phi) is 6.55. The van der Waals surface area contributed by atoms with Gasteiger partial charge < -0.3 is 0 Å². The highest BCUT2D eigenvalue weighted by atomic mass is 14.4. The van der Waals surface area contributed by atoms with Crippen molar-refractivity contribution in [2.75, 3.05) is 0 Å². The summed E-state index contributed by atoms with van der Waals surface area (Å²) in [7, 11) is 0. The molecular weight excluding hydrogens is 336 g/mol. The summed E-state index contributed by atoms with van der Waals surface area (Å²) in [5, 5.41) is 2.82. The van der Waals surface area contributed by atoms with Crippen molar-refractivity contribution in [3.63, 3.8) is 0 Å². The summed E-state index contributed by atoms with van der Waals surface area (Å²) < 4.78 is 0. The summed E-state index contributed by atoms with van der Waals surface area (Å²) >= 11 is 0. The summed E-state index contributed by atoms with van der Waals surface area (Å²) in [6, 6.07) is 14.3. The lowest BCUT2D eigenvalue weighted by Gasteiger charge is -2.42. The van der Waals surface area contributed by atoms with E-state index in [1.165, 1.54) is 74.1 Å². The van der Waals surface area contributed by atoms with Gasteiger partial charge in [-0.1, -0.05) is 75.1 Å².